The van der Waals surface area contributed by atoms with Crippen molar-refractivity contribution >= 4 is 11.7 Å². The molecule has 1 aromatic heterocycles. The summed E-state index contributed by atoms with van der Waals surface area (Å²) in [4.78, 5) is 12.1. The van der Waals surface area contributed by atoms with Crippen LogP contribution in [0, 0.1) is 0 Å². The monoisotopic (exact) mass is 301 g/mol. The van der Waals surface area contributed by atoms with Crippen LogP contribution in [0.3, 0.4) is 0 Å². The molecule has 0 saturated carbocycles. The van der Waals surface area contributed by atoms with Gasteiger partial charge < -0.3 is 14.8 Å². The number of aryl methyl sites for hydroxylation is 1. The largest absolute Gasteiger partial charge is 0.491 e. The number of aromatic nitrogens is 2. The van der Waals surface area contributed by atoms with E-state index in [2.05, 4.69) is 10.4 Å². The van der Waals surface area contributed by atoms with Gasteiger partial charge >= 0.3 is 0 Å². The zero-order valence-electron chi connectivity index (χ0n) is 12.5. The third kappa shape index (κ3) is 3.65. The molecular weight excluding hydrogens is 282 g/mol. The molecule has 2 aromatic rings. The number of nitrogens with zero attached hydrogens (tertiary/aromatic N) is 2. The lowest BCUT2D eigenvalue weighted by atomic mass is 10.2. The molecule has 1 aliphatic rings. The Balaban J connectivity index is 1.54. The molecule has 0 radical (unpaired) electrons. The SMILES string of the molecule is Cn1ccc(NC(=O)c2ccc(OC[C@H]3CCCO3)cc2)n1. The van der Waals surface area contributed by atoms with E-state index in [-0.39, 0.29) is 12.0 Å². The number of anilines is 1. The van der Waals surface area contributed by atoms with Crippen molar-refractivity contribution in [1.29, 1.82) is 0 Å². The van der Waals surface area contributed by atoms with Crippen LogP contribution in [0.2, 0.25) is 0 Å². The molecule has 0 bridgehead atoms. The van der Waals surface area contributed by atoms with E-state index in [1.807, 2.05) is 0 Å². The zero-order chi connectivity index (χ0) is 15.4. The lowest BCUT2D eigenvalue weighted by Gasteiger charge is -2.11. The van der Waals surface area contributed by atoms with Crippen molar-refractivity contribution in [3.63, 3.8) is 0 Å². The highest BCUT2D eigenvalue weighted by Gasteiger charge is 2.16. The fourth-order valence-corrected chi connectivity index (χ4v) is 2.34. The maximum absolute atomic E-state index is 12.1. The number of carbonyl (C=O) groups is 1. The summed E-state index contributed by atoms with van der Waals surface area (Å²) >= 11 is 0. The van der Waals surface area contributed by atoms with Crippen molar-refractivity contribution < 1.29 is 14.3 Å². The number of carbonyl (C=O) groups excluding carboxylic acids is 1. The van der Waals surface area contributed by atoms with Gasteiger partial charge in [-0.25, -0.2) is 0 Å². The number of hydrogen-bond donors (Lipinski definition) is 1. The standard InChI is InChI=1S/C16H19N3O3/c1-19-9-8-15(18-19)17-16(20)12-4-6-13(7-5-12)22-11-14-3-2-10-21-14/h4-9,14H,2-3,10-11H2,1H3,(H,17,18,20)/t14-/m1/s1. The number of nitrogens with one attached hydrogen (secondary N) is 1. The summed E-state index contributed by atoms with van der Waals surface area (Å²) in [6, 6.07) is 8.81. The van der Waals surface area contributed by atoms with E-state index in [0.717, 1.165) is 25.2 Å². The third-order valence-electron chi connectivity index (χ3n) is 3.53. The van der Waals surface area contributed by atoms with Gasteiger partial charge in [-0.2, -0.15) is 5.10 Å². The highest BCUT2D eigenvalue weighted by Crippen LogP contribution is 2.17. The maximum Gasteiger partial charge on any atom is 0.256 e. The van der Waals surface area contributed by atoms with Crippen LogP contribution in [0.15, 0.2) is 36.5 Å². The lowest BCUT2D eigenvalue weighted by molar-refractivity contribution is 0.0679. The summed E-state index contributed by atoms with van der Waals surface area (Å²) in [5.41, 5.74) is 0.565. The van der Waals surface area contributed by atoms with Crippen molar-refractivity contribution in [1.82, 2.24) is 9.78 Å². The smallest absolute Gasteiger partial charge is 0.256 e. The first-order valence-corrected chi connectivity index (χ1v) is 7.36. The van der Waals surface area contributed by atoms with E-state index in [0.29, 0.717) is 18.0 Å². The minimum absolute atomic E-state index is 0.187. The number of hydrogen-bond acceptors (Lipinski definition) is 4. The van der Waals surface area contributed by atoms with Gasteiger partial charge in [0.2, 0.25) is 0 Å². The minimum atomic E-state index is -0.190. The molecule has 0 spiro atoms. The predicted molar refractivity (Wildman–Crippen MR) is 82.1 cm³/mol. The molecule has 22 heavy (non-hydrogen) atoms. The van der Waals surface area contributed by atoms with Crippen LogP contribution in [0.25, 0.3) is 0 Å². The number of rotatable bonds is 5. The second-order valence-corrected chi connectivity index (χ2v) is 5.30. The zero-order valence-corrected chi connectivity index (χ0v) is 12.5. The maximum atomic E-state index is 12.1. The van der Waals surface area contributed by atoms with Crippen LogP contribution < -0.4 is 10.1 Å². The molecule has 1 N–H and O–H groups in total. The predicted octanol–water partition coefficient (Wildman–Crippen LogP) is 2.23. The number of amides is 1. The normalized spacial score (nSPS) is 17.4. The van der Waals surface area contributed by atoms with E-state index < -0.39 is 0 Å². The van der Waals surface area contributed by atoms with Gasteiger partial charge in [-0.15, -0.1) is 0 Å². The Morgan fingerprint density at radius 3 is 2.86 bits per heavy atom. The fourth-order valence-electron chi connectivity index (χ4n) is 2.34. The Kier molecular flexibility index (Phi) is 4.39. The van der Waals surface area contributed by atoms with E-state index >= 15 is 0 Å². The Morgan fingerprint density at radius 2 is 2.23 bits per heavy atom. The molecule has 1 aliphatic heterocycles. The van der Waals surface area contributed by atoms with Crippen LogP contribution in [0.4, 0.5) is 5.82 Å². The van der Waals surface area contributed by atoms with Crippen LogP contribution in [0.1, 0.15) is 23.2 Å². The summed E-state index contributed by atoms with van der Waals surface area (Å²) < 4.78 is 12.8. The highest BCUT2D eigenvalue weighted by atomic mass is 16.5. The second-order valence-electron chi connectivity index (χ2n) is 5.30. The molecule has 1 amide bonds. The van der Waals surface area contributed by atoms with E-state index in [1.54, 1.807) is 48.3 Å². The van der Waals surface area contributed by atoms with Gasteiger partial charge in [0.05, 0.1) is 6.10 Å². The Hall–Kier alpha value is -2.34. The molecule has 1 atom stereocenters. The molecule has 6 nitrogen and oxygen atoms in total. The van der Waals surface area contributed by atoms with Crippen LogP contribution >= 0.6 is 0 Å². The second kappa shape index (κ2) is 6.62. The van der Waals surface area contributed by atoms with Crippen LogP contribution in [0.5, 0.6) is 5.75 Å². The quantitative estimate of drug-likeness (QED) is 0.919. The Morgan fingerprint density at radius 1 is 1.41 bits per heavy atom. The molecule has 116 valence electrons. The van der Waals surface area contributed by atoms with Gasteiger partial charge in [-0.3, -0.25) is 9.48 Å². The molecular formula is C16H19N3O3. The van der Waals surface area contributed by atoms with Crippen LogP contribution in [-0.2, 0) is 11.8 Å². The molecule has 0 unspecified atom stereocenters. The van der Waals surface area contributed by atoms with Gasteiger partial charge in [-0.05, 0) is 37.1 Å². The molecule has 3 rings (SSSR count). The first-order chi connectivity index (χ1) is 10.7. The Labute approximate surface area is 129 Å². The summed E-state index contributed by atoms with van der Waals surface area (Å²) in [7, 11) is 1.80. The Bertz CT molecular complexity index is 630. The van der Waals surface area contributed by atoms with Gasteiger partial charge in [0.1, 0.15) is 12.4 Å². The van der Waals surface area contributed by atoms with Crippen molar-refractivity contribution in [2.24, 2.45) is 7.05 Å². The molecule has 1 fully saturated rings. The average molecular weight is 301 g/mol. The summed E-state index contributed by atoms with van der Waals surface area (Å²) in [5, 5.41) is 6.86. The minimum Gasteiger partial charge on any atom is -0.491 e. The topological polar surface area (TPSA) is 65.4 Å². The van der Waals surface area contributed by atoms with Crippen molar-refractivity contribution in [3.8, 4) is 5.75 Å². The summed E-state index contributed by atoms with van der Waals surface area (Å²) in [5.74, 6) is 1.08. The average Bonchev–Trinajstić information content (AvgIpc) is 3.17. The van der Waals surface area contributed by atoms with Gasteiger partial charge in [-0.1, -0.05) is 0 Å². The van der Waals surface area contributed by atoms with Crippen molar-refractivity contribution in [2.75, 3.05) is 18.5 Å². The first kappa shape index (κ1) is 14.6. The van der Waals surface area contributed by atoms with Crippen LogP contribution in [-0.4, -0.2) is 35.0 Å². The highest BCUT2D eigenvalue weighted by molar-refractivity contribution is 6.03. The fraction of sp³-hybridized carbons (Fsp3) is 0.375. The number of ether oxygens (including phenoxy) is 2. The van der Waals surface area contributed by atoms with Gasteiger partial charge in [0.25, 0.3) is 5.91 Å². The van der Waals surface area contributed by atoms with Crippen molar-refractivity contribution in [3.05, 3.63) is 42.1 Å². The first-order valence-electron chi connectivity index (χ1n) is 7.36. The summed E-state index contributed by atoms with van der Waals surface area (Å²) in [6.07, 6.45) is 4.11. The van der Waals surface area contributed by atoms with E-state index in [9.17, 15) is 4.79 Å². The number of benzene rings is 1. The van der Waals surface area contributed by atoms with E-state index in [1.165, 1.54) is 0 Å². The summed E-state index contributed by atoms with van der Waals surface area (Å²) in [6.45, 7) is 1.38. The molecule has 1 aromatic carbocycles. The molecule has 2 heterocycles. The van der Waals surface area contributed by atoms with Gasteiger partial charge in [0, 0.05) is 31.5 Å². The molecule has 6 heteroatoms. The van der Waals surface area contributed by atoms with Crippen molar-refractivity contribution in [2.45, 2.75) is 18.9 Å². The van der Waals surface area contributed by atoms with Gasteiger partial charge in [0.15, 0.2) is 5.82 Å². The van der Waals surface area contributed by atoms with E-state index in [4.69, 9.17) is 9.47 Å². The lowest BCUT2D eigenvalue weighted by Crippen LogP contribution is -2.16. The third-order valence-corrected chi connectivity index (χ3v) is 3.53. The molecule has 1 saturated heterocycles. The molecule has 0 aliphatic carbocycles.